The molecule has 0 aromatic rings. The van der Waals surface area contributed by atoms with E-state index in [1.54, 1.807) is 0 Å². The van der Waals surface area contributed by atoms with E-state index in [0.717, 1.165) is 25.9 Å². The molecule has 3 nitrogen and oxygen atoms in total. The number of aliphatic hydroxyl groups excluding tert-OH is 1. The first-order chi connectivity index (χ1) is 8.54. The van der Waals surface area contributed by atoms with Crippen LogP contribution < -0.4 is 5.32 Å². The van der Waals surface area contributed by atoms with Crippen LogP contribution in [0.25, 0.3) is 0 Å². The molecule has 0 amide bonds. The predicted molar refractivity (Wildman–Crippen MR) is 75.7 cm³/mol. The topological polar surface area (TPSA) is 41.5 Å². The SMILES string of the molecule is CNC1(CO)CCCC1CCOC(C)CC(C)C. The van der Waals surface area contributed by atoms with E-state index in [2.05, 4.69) is 26.1 Å². The molecule has 0 heterocycles. The van der Waals surface area contributed by atoms with Crippen molar-refractivity contribution in [2.75, 3.05) is 20.3 Å². The van der Waals surface area contributed by atoms with Crippen LogP contribution in [-0.2, 0) is 4.74 Å². The summed E-state index contributed by atoms with van der Waals surface area (Å²) in [7, 11) is 1.97. The maximum absolute atomic E-state index is 9.61. The zero-order chi connectivity index (χ0) is 13.6. The Bertz CT molecular complexity index is 227. The molecule has 3 unspecified atom stereocenters. The summed E-state index contributed by atoms with van der Waals surface area (Å²) in [6, 6.07) is 0. The standard InChI is InChI=1S/C15H31NO2/c1-12(2)10-13(3)18-9-7-14-6-5-8-15(14,11-17)16-4/h12-14,16-17H,5-11H2,1-4H3. The van der Waals surface area contributed by atoms with Crippen molar-refractivity contribution in [3.05, 3.63) is 0 Å². The van der Waals surface area contributed by atoms with Gasteiger partial charge in [0, 0.05) is 12.1 Å². The highest BCUT2D eigenvalue weighted by molar-refractivity contribution is 4.97. The van der Waals surface area contributed by atoms with E-state index < -0.39 is 0 Å². The van der Waals surface area contributed by atoms with Crippen molar-refractivity contribution in [3.63, 3.8) is 0 Å². The van der Waals surface area contributed by atoms with Gasteiger partial charge in [-0.3, -0.25) is 0 Å². The number of hydrogen-bond donors (Lipinski definition) is 2. The highest BCUT2D eigenvalue weighted by Crippen LogP contribution is 2.37. The highest BCUT2D eigenvalue weighted by atomic mass is 16.5. The van der Waals surface area contributed by atoms with E-state index >= 15 is 0 Å². The van der Waals surface area contributed by atoms with E-state index in [1.807, 2.05) is 7.05 Å². The minimum absolute atomic E-state index is 0.0509. The lowest BCUT2D eigenvalue weighted by molar-refractivity contribution is 0.0313. The third kappa shape index (κ3) is 4.22. The van der Waals surface area contributed by atoms with Gasteiger partial charge in [-0.2, -0.15) is 0 Å². The van der Waals surface area contributed by atoms with E-state index in [4.69, 9.17) is 4.74 Å². The summed E-state index contributed by atoms with van der Waals surface area (Å²) < 4.78 is 5.89. The molecular formula is C15H31NO2. The third-order valence-electron chi connectivity index (χ3n) is 4.41. The molecule has 2 N–H and O–H groups in total. The van der Waals surface area contributed by atoms with Gasteiger partial charge in [0.05, 0.1) is 12.7 Å². The fraction of sp³-hybridized carbons (Fsp3) is 1.00. The molecule has 0 bridgehead atoms. The predicted octanol–water partition coefficient (Wildman–Crippen LogP) is 2.58. The molecule has 108 valence electrons. The van der Waals surface area contributed by atoms with Crippen LogP contribution in [0.15, 0.2) is 0 Å². The Morgan fingerprint density at radius 1 is 1.39 bits per heavy atom. The van der Waals surface area contributed by atoms with Gasteiger partial charge in [-0.05, 0) is 51.5 Å². The van der Waals surface area contributed by atoms with Gasteiger partial charge in [0.1, 0.15) is 0 Å². The van der Waals surface area contributed by atoms with Crippen LogP contribution in [0.4, 0.5) is 0 Å². The summed E-state index contributed by atoms with van der Waals surface area (Å²) in [5.74, 6) is 1.25. The molecule has 1 aliphatic rings. The summed E-state index contributed by atoms with van der Waals surface area (Å²) in [5.41, 5.74) is -0.0509. The van der Waals surface area contributed by atoms with Crippen molar-refractivity contribution in [3.8, 4) is 0 Å². The number of aliphatic hydroxyl groups is 1. The van der Waals surface area contributed by atoms with Gasteiger partial charge >= 0.3 is 0 Å². The molecule has 1 aliphatic carbocycles. The molecule has 0 radical (unpaired) electrons. The average Bonchev–Trinajstić information content (AvgIpc) is 2.72. The van der Waals surface area contributed by atoms with Gasteiger partial charge in [-0.1, -0.05) is 20.3 Å². The number of hydrogen-bond acceptors (Lipinski definition) is 3. The average molecular weight is 257 g/mol. The Kier molecular flexibility index (Phi) is 6.61. The van der Waals surface area contributed by atoms with Crippen molar-refractivity contribution in [2.24, 2.45) is 11.8 Å². The minimum Gasteiger partial charge on any atom is -0.394 e. The van der Waals surface area contributed by atoms with Crippen molar-refractivity contribution in [1.82, 2.24) is 5.32 Å². The monoisotopic (exact) mass is 257 g/mol. The molecule has 1 saturated carbocycles. The maximum Gasteiger partial charge on any atom is 0.0615 e. The van der Waals surface area contributed by atoms with Gasteiger partial charge in [0.15, 0.2) is 0 Å². The first-order valence-electron chi connectivity index (χ1n) is 7.45. The number of ether oxygens (including phenoxy) is 1. The molecule has 0 aromatic carbocycles. The lowest BCUT2D eigenvalue weighted by Crippen LogP contribution is -2.49. The molecule has 0 aromatic heterocycles. The summed E-state index contributed by atoms with van der Waals surface area (Å²) >= 11 is 0. The van der Waals surface area contributed by atoms with Crippen molar-refractivity contribution in [1.29, 1.82) is 0 Å². The van der Waals surface area contributed by atoms with Crippen LogP contribution in [-0.4, -0.2) is 37.0 Å². The molecule has 18 heavy (non-hydrogen) atoms. The Balaban J connectivity index is 2.30. The second-order valence-electron chi connectivity index (χ2n) is 6.25. The van der Waals surface area contributed by atoms with Gasteiger partial charge in [-0.25, -0.2) is 0 Å². The number of rotatable bonds is 8. The van der Waals surface area contributed by atoms with Gasteiger partial charge in [-0.15, -0.1) is 0 Å². The summed E-state index contributed by atoms with van der Waals surface area (Å²) in [5, 5.41) is 13.0. The normalized spacial score (nSPS) is 30.0. The molecule has 0 aliphatic heterocycles. The largest absolute Gasteiger partial charge is 0.394 e. The molecule has 0 spiro atoms. The van der Waals surface area contributed by atoms with Crippen molar-refractivity contribution < 1.29 is 9.84 Å². The van der Waals surface area contributed by atoms with Crippen LogP contribution in [0.5, 0.6) is 0 Å². The minimum atomic E-state index is -0.0509. The number of nitrogens with one attached hydrogen (secondary N) is 1. The second kappa shape index (κ2) is 7.46. The summed E-state index contributed by atoms with van der Waals surface area (Å²) in [4.78, 5) is 0. The van der Waals surface area contributed by atoms with Gasteiger partial charge in [0.25, 0.3) is 0 Å². The van der Waals surface area contributed by atoms with E-state index in [9.17, 15) is 5.11 Å². The fourth-order valence-electron chi connectivity index (χ4n) is 3.32. The summed E-state index contributed by atoms with van der Waals surface area (Å²) in [6.45, 7) is 7.69. The molecule has 0 saturated heterocycles. The van der Waals surface area contributed by atoms with Gasteiger partial charge < -0.3 is 15.2 Å². The van der Waals surface area contributed by atoms with Gasteiger partial charge in [0.2, 0.25) is 0 Å². The highest BCUT2D eigenvalue weighted by Gasteiger charge is 2.40. The lowest BCUT2D eigenvalue weighted by atomic mass is 9.85. The zero-order valence-corrected chi connectivity index (χ0v) is 12.5. The summed E-state index contributed by atoms with van der Waals surface area (Å²) in [6.07, 6.45) is 6.05. The smallest absolute Gasteiger partial charge is 0.0615 e. The maximum atomic E-state index is 9.61. The number of likely N-dealkylation sites (N-methyl/N-ethyl adjacent to an activating group) is 1. The quantitative estimate of drug-likeness (QED) is 0.702. The molecule has 1 rings (SSSR count). The first kappa shape index (κ1) is 15.9. The van der Waals surface area contributed by atoms with E-state index in [-0.39, 0.29) is 12.1 Å². The first-order valence-corrected chi connectivity index (χ1v) is 7.45. The second-order valence-corrected chi connectivity index (χ2v) is 6.25. The Morgan fingerprint density at radius 2 is 2.11 bits per heavy atom. The Hall–Kier alpha value is -0.120. The van der Waals surface area contributed by atoms with Crippen LogP contribution in [0, 0.1) is 11.8 Å². The van der Waals surface area contributed by atoms with Crippen molar-refractivity contribution >= 4 is 0 Å². The molecule has 1 fully saturated rings. The van der Waals surface area contributed by atoms with Crippen LogP contribution in [0.3, 0.4) is 0 Å². The van der Waals surface area contributed by atoms with Crippen LogP contribution in [0.2, 0.25) is 0 Å². The third-order valence-corrected chi connectivity index (χ3v) is 4.41. The lowest BCUT2D eigenvalue weighted by Gasteiger charge is -2.33. The van der Waals surface area contributed by atoms with Crippen LogP contribution >= 0.6 is 0 Å². The molecule has 3 atom stereocenters. The molecule has 3 heteroatoms. The molecular weight excluding hydrogens is 226 g/mol. The Labute approximate surface area is 112 Å². The van der Waals surface area contributed by atoms with Crippen LogP contribution in [0.1, 0.15) is 52.9 Å². The van der Waals surface area contributed by atoms with Crippen molar-refractivity contribution in [2.45, 2.75) is 64.5 Å². The van der Waals surface area contributed by atoms with E-state index in [0.29, 0.717) is 17.9 Å². The van der Waals surface area contributed by atoms with E-state index in [1.165, 1.54) is 12.8 Å². The zero-order valence-electron chi connectivity index (χ0n) is 12.5. The fourth-order valence-corrected chi connectivity index (χ4v) is 3.32. The Morgan fingerprint density at radius 3 is 2.67 bits per heavy atom.